The first kappa shape index (κ1) is 16.3. The van der Waals surface area contributed by atoms with E-state index in [2.05, 4.69) is 10.6 Å². The van der Waals surface area contributed by atoms with Crippen LogP contribution in [0.25, 0.3) is 0 Å². The normalized spacial score (nSPS) is 15.6. The summed E-state index contributed by atoms with van der Waals surface area (Å²) in [5.74, 6) is -0.922. The molecule has 7 nitrogen and oxygen atoms in total. The monoisotopic (exact) mass is 285 g/mol. The predicted molar refractivity (Wildman–Crippen MR) is 73.2 cm³/mol. The van der Waals surface area contributed by atoms with Gasteiger partial charge in [0.2, 0.25) is 5.91 Å². The summed E-state index contributed by atoms with van der Waals surface area (Å²) < 4.78 is 0. The van der Waals surface area contributed by atoms with E-state index >= 15 is 0 Å². The maximum absolute atomic E-state index is 11.9. The number of rotatable bonds is 7. The zero-order valence-electron chi connectivity index (χ0n) is 12.2. The Bertz CT molecular complexity index is 380. The summed E-state index contributed by atoms with van der Waals surface area (Å²) >= 11 is 0. The lowest BCUT2D eigenvalue weighted by Gasteiger charge is -2.22. The van der Waals surface area contributed by atoms with Gasteiger partial charge in [0.15, 0.2) is 0 Å². The van der Waals surface area contributed by atoms with Crippen LogP contribution in [0.1, 0.15) is 33.1 Å². The van der Waals surface area contributed by atoms with Gasteiger partial charge in [-0.3, -0.25) is 9.59 Å². The number of aliphatic carboxylic acids is 1. The molecule has 1 aliphatic carbocycles. The van der Waals surface area contributed by atoms with Crippen molar-refractivity contribution < 1.29 is 19.5 Å². The molecule has 1 atom stereocenters. The fourth-order valence-corrected chi connectivity index (χ4v) is 1.95. The van der Waals surface area contributed by atoms with Crippen LogP contribution >= 0.6 is 0 Å². The average Bonchev–Trinajstić information content (AvgIpc) is 3.09. The number of carboxylic acid groups (broad SMARTS) is 1. The van der Waals surface area contributed by atoms with Crippen LogP contribution < -0.4 is 10.6 Å². The minimum Gasteiger partial charge on any atom is -0.481 e. The number of carbonyl (C=O) groups is 3. The summed E-state index contributed by atoms with van der Waals surface area (Å²) in [7, 11) is 1.51. The molecule has 0 aromatic rings. The first-order valence-electron chi connectivity index (χ1n) is 6.82. The zero-order valence-corrected chi connectivity index (χ0v) is 12.2. The van der Waals surface area contributed by atoms with Crippen LogP contribution in [-0.2, 0) is 9.59 Å². The van der Waals surface area contributed by atoms with Gasteiger partial charge in [0.25, 0.3) is 0 Å². The van der Waals surface area contributed by atoms with Crippen molar-refractivity contribution in [1.82, 2.24) is 15.5 Å². The Morgan fingerprint density at radius 2 is 1.85 bits per heavy atom. The molecular formula is C13H23N3O4. The number of amides is 3. The summed E-state index contributed by atoms with van der Waals surface area (Å²) in [4.78, 5) is 35.5. The molecule has 1 saturated carbocycles. The smallest absolute Gasteiger partial charge is 0.317 e. The van der Waals surface area contributed by atoms with E-state index < -0.39 is 12.0 Å². The predicted octanol–water partition coefficient (Wildman–Crippen LogP) is 0.406. The van der Waals surface area contributed by atoms with Gasteiger partial charge in [0, 0.05) is 19.1 Å². The fraction of sp³-hybridized carbons (Fsp3) is 0.769. The molecule has 0 heterocycles. The minimum atomic E-state index is -0.928. The highest BCUT2D eigenvalue weighted by Gasteiger charge is 2.34. The zero-order chi connectivity index (χ0) is 15.3. The maximum Gasteiger partial charge on any atom is 0.317 e. The van der Waals surface area contributed by atoms with E-state index in [0.29, 0.717) is 0 Å². The number of nitrogens with zero attached hydrogens (tertiary/aromatic N) is 1. The van der Waals surface area contributed by atoms with Crippen LogP contribution in [0.2, 0.25) is 0 Å². The molecule has 0 spiro atoms. The highest BCUT2D eigenvalue weighted by molar-refractivity contribution is 5.84. The van der Waals surface area contributed by atoms with Gasteiger partial charge in [0.1, 0.15) is 6.54 Å². The quantitative estimate of drug-likeness (QED) is 0.630. The van der Waals surface area contributed by atoms with E-state index in [-0.39, 0.29) is 36.9 Å². The number of hydrogen-bond donors (Lipinski definition) is 3. The largest absolute Gasteiger partial charge is 0.481 e. The number of urea groups is 1. The van der Waals surface area contributed by atoms with Gasteiger partial charge in [0.05, 0.1) is 6.42 Å². The molecule has 0 radical (unpaired) electrons. The standard InChI is InChI=1S/C13H23N3O4/c1-8(2)14-11(17)7-16(3)13(20)15-10(6-12(18)19)9-4-5-9/h8-10H,4-7H2,1-3H3,(H,14,17)(H,15,20)(H,18,19). The Morgan fingerprint density at radius 3 is 2.30 bits per heavy atom. The van der Waals surface area contributed by atoms with Crippen LogP contribution in [0, 0.1) is 5.92 Å². The summed E-state index contributed by atoms with van der Waals surface area (Å²) in [6.45, 7) is 3.64. The molecule has 0 aromatic heterocycles. The molecule has 114 valence electrons. The van der Waals surface area contributed by atoms with Gasteiger partial charge in [-0.25, -0.2) is 4.79 Å². The van der Waals surface area contributed by atoms with Gasteiger partial charge in [-0.15, -0.1) is 0 Å². The van der Waals surface area contributed by atoms with Crippen molar-refractivity contribution in [2.24, 2.45) is 5.92 Å². The number of hydrogen-bond acceptors (Lipinski definition) is 3. The summed E-state index contributed by atoms with van der Waals surface area (Å²) in [5, 5.41) is 14.2. The van der Waals surface area contributed by atoms with Gasteiger partial charge >= 0.3 is 12.0 Å². The van der Waals surface area contributed by atoms with Gasteiger partial charge in [-0.1, -0.05) is 0 Å². The molecule has 0 bridgehead atoms. The third-order valence-electron chi connectivity index (χ3n) is 3.07. The first-order valence-corrected chi connectivity index (χ1v) is 6.82. The van der Waals surface area contributed by atoms with Crippen molar-refractivity contribution in [3.8, 4) is 0 Å². The van der Waals surface area contributed by atoms with Crippen molar-refractivity contribution >= 4 is 17.9 Å². The summed E-state index contributed by atoms with van der Waals surface area (Å²) in [6, 6.07) is -0.747. The second kappa shape index (κ2) is 7.12. The lowest BCUT2D eigenvalue weighted by Crippen LogP contribution is -2.48. The van der Waals surface area contributed by atoms with Gasteiger partial charge in [-0.05, 0) is 32.6 Å². The van der Waals surface area contributed by atoms with Crippen LogP contribution in [-0.4, -0.2) is 53.6 Å². The Kier molecular flexibility index (Phi) is 5.79. The summed E-state index contributed by atoms with van der Waals surface area (Å²) in [5.41, 5.74) is 0. The molecule has 1 fully saturated rings. The highest BCUT2D eigenvalue weighted by Crippen LogP contribution is 2.34. The van der Waals surface area contributed by atoms with Gasteiger partial charge in [-0.2, -0.15) is 0 Å². The molecule has 20 heavy (non-hydrogen) atoms. The van der Waals surface area contributed by atoms with E-state index in [1.165, 1.54) is 11.9 Å². The highest BCUT2D eigenvalue weighted by atomic mass is 16.4. The molecule has 3 N–H and O–H groups in total. The third kappa shape index (κ3) is 5.90. The second-order valence-corrected chi connectivity index (χ2v) is 5.57. The number of carboxylic acids is 1. The van der Waals surface area contributed by atoms with Gasteiger partial charge < -0.3 is 20.6 Å². The lowest BCUT2D eigenvalue weighted by atomic mass is 10.1. The van der Waals surface area contributed by atoms with Crippen LogP contribution in [0.5, 0.6) is 0 Å². The van der Waals surface area contributed by atoms with E-state index in [9.17, 15) is 14.4 Å². The maximum atomic E-state index is 11.9. The van der Waals surface area contributed by atoms with E-state index in [4.69, 9.17) is 5.11 Å². The van der Waals surface area contributed by atoms with E-state index in [0.717, 1.165) is 12.8 Å². The molecule has 7 heteroatoms. The van der Waals surface area contributed by atoms with Crippen molar-refractivity contribution in [2.75, 3.05) is 13.6 Å². The molecule has 1 aliphatic rings. The first-order chi connectivity index (χ1) is 9.29. The van der Waals surface area contributed by atoms with Crippen molar-refractivity contribution in [2.45, 2.75) is 45.2 Å². The Balaban J connectivity index is 2.42. The van der Waals surface area contributed by atoms with Crippen molar-refractivity contribution in [3.63, 3.8) is 0 Å². The van der Waals surface area contributed by atoms with Crippen molar-refractivity contribution in [1.29, 1.82) is 0 Å². The van der Waals surface area contributed by atoms with E-state index in [1.54, 1.807) is 0 Å². The minimum absolute atomic E-state index is 0.0187. The third-order valence-corrected chi connectivity index (χ3v) is 3.07. The molecule has 1 rings (SSSR count). The molecule has 0 aromatic carbocycles. The fourth-order valence-electron chi connectivity index (χ4n) is 1.95. The average molecular weight is 285 g/mol. The molecule has 0 aliphatic heterocycles. The topological polar surface area (TPSA) is 98.7 Å². The molecule has 3 amide bonds. The number of nitrogens with one attached hydrogen (secondary N) is 2. The summed E-state index contributed by atoms with van der Waals surface area (Å²) in [6.07, 6.45) is 1.80. The number of carbonyl (C=O) groups excluding carboxylic acids is 2. The van der Waals surface area contributed by atoms with Crippen molar-refractivity contribution in [3.05, 3.63) is 0 Å². The number of likely N-dealkylation sites (N-methyl/N-ethyl adjacent to an activating group) is 1. The second-order valence-electron chi connectivity index (χ2n) is 5.57. The lowest BCUT2D eigenvalue weighted by molar-refractivity contribution is -0.137. The van der Waals surface area contributed by atoms with Crippen LogP contribution in [0.4, 0.5) is 4.79 Å². The Labute approximate surface area is 118 Å². The Hall–Kier alpha value is -1.79. The van der Waals surface area contributed by atoms with Crippen LogP contribution in [0.15, 0.2) is 0 Å². The SMILES string of the molecule is CC(C)NC(=O)CN(C)C(=O)NC(CC(=O)O)C1CC1. The molecule has 0 saturated heterocycles. The molecular weight excluding hydrogens is 262 g/mol. The van der Waals surface area contributed by atoms with E-state index in [1.807, 2.05) is 13.8 Å². The molecule has 1 unspecified atom stereocenters. The Morgan fingerprint density at radius 1 is 1.25 bits per heavy atom. The van der Waals surface area contributed by atoms with Crippen LogP contribution in [0.3, 0.4) is 0 Å².